The average molecular weight is 171 g/mol. The van der Waals surface area contributed by atoms with E-state index in [2.05, 4.69) is 18.7 Å². The first-order chi connectivity index (χ1) is 5.25. The normalized spacial score (nSPS) is 30.5. The van der Waals surface area contributed by atoms with Crippen molar-refractivity contribution in [3.63, 3.8) is 0 Å². The monoisotopic (exact) mass is 171 g/mol. The van der Waals surface area contributed by atoms with E-state index in [9.17, 15) is 0 Å². The first-order valence-corrected chi connectivity index (χ1v) is 6.43. The summed E-state index contributed by atoms with van der Waals surface area (Å²) in [5.41, 5.74) is 0. The van der Waals surface area contributed by atoms with E-state index in [0.29, 0.717) is 0 Å². The second-order valence-electron chi connectivity index (χ2n) is 3.84. The molecule has 0 aromatic rings. The minimum atomic E-state index is 0.854. The highest BCUT2D eigenvalue weighted by atomic mass is 28.1. The number of nitrogens with zero attached hydrogens (tertiary/aromatic N) is 1. The number of hydrogen-bond donors (Lipinski definition) is 0. The molecule has 2 heteroatoms. The first-order valence-electron chi connectivity index (χ1n) is 5.01. The fourth-order valence-corrected chi connectivity index (χ4v) is 2.48. The predicted molar refractivity (Wildman–Crippen MR) is 54.2 cm³/mol. The maximum atomic E-state index is 2.69. The summed E-state index contributed by atoms with van der Waals surface area (Å²) in [5.74, 6) is 0. The van der Waals surface area contributed by atoms with Crippen LogP contribution in [-0.4, -0.2) is 33.8 Å². The van der Waals surface area contributed by atoms with Gasteiger partial charge in [0.1, 0.15) is 0 Å². The largest absolute Gasteiger partial charge is 0.298 e. The summed E-state index contributed by atoms with van der Waals surface area (Å²) in [6.07, 6.45) is 4.30. The molecule has 0 bridgehead atoms. The Morgan fingerprint density at radius 2 is 2.27 bits per heavy atom. The second-order valence-corrected chi connectivity index (χ2v) is 4.66. The van der Waals surface area contributed by atoms with Gasteiger partial charge in [-0.15, -0.1) is 0 Å². The van der Waals surface area contributed by atoms with Gasteiger partial charge in [0.05, 0.1) is 0 Å². The van der Waals surface area contributed by atoms with Crippen molar-refractivity contribution in [1.29, 1.82) is 0 Å². The zero-order chi connectivity index (χ0) is 8.27. The van der Waals surface area contributed by atoms with E-state index in [1.807, 2.05) is 0 Å². The van der Waals surface area contributed by atoms with E-state index in [1.165, 1.54) is 42.1 Å². The van der Waals surface area contributed by atoms with E-state index in [4.69, 9.17) is 0 Å². The van der Waals surface area contributed by atoms with Gasteiger partial charge in [0.2, 0.25) is 0 Å². The fraction of sp³-hybridized carbons (Fsp3) is 1.00. The highest BCUT2D eigenvalue weighted by Crippen LogP contribution is 2.19. The van der Waals surface area contributed by atoms with Crippen molar-refractivity contribution in [2.45, 2.75) is 51.2 Å². The summed E-state index contributed by atoms with van der Waals surface area (Å²) in [7, 11) is 1.36. The molecule has 0 amide bonds. The van der Waals surface area contributed by atoms with Gasteiger partial charge in [0.15, 0.2) is 0 Å². The van der Waals surface area contributed by atoms with Crippen LogP contribution < -0.4 is 0 Å². The van der Waals surface area contributed by atoms with Gasteiger partial charge in [-0.2, -0.15) is 0 Å². The number of piperidine rings is 1. The molecule has 1 nitrogen and oxygen atoms in total. The van der Waals surface area contributed by atoms with E-state index in [0.717, 1.165) is 12.1 Å². The zero-order valence-corrected chi connectivity index (χ0v) is 10.1. The molecule has 1 aliphatic heterocycles. The molecule has 2 unspecified atom stereocenters. The van der Waals surface area contributed by atoms with Crippen molar-refractivity contribution in [3.8, 4) is 0 Å². The molecule has 1 heterocycles. The van der Waals surface area contributed by atoms with Crippen LogP contribution >= 0.6 is 0 Å². The lowest BCUT2D eigenvalue weighted by atomic mass is 10.0. The quantitative estimate of drug-likeness (QED) is 0.561. The van der Waals surface area contributed by atoms with Gasteiger partial charge in [-0.3, -0.25) is 4.90 Å². The average Bonchev–Trinajstić information content (AvgIpc) is 2.04. The molecule has 0 spiro atoms. The van der Waals surface area contributed by atoms with Crippen LogP contribution in [0.1, 0.15) is 33.1 Å². The lowest BCUT2D eigenvalue weighted by Gasteiger charge is -2.37. The third-order valence-electron chi connectivity index (χ3n) is 3.01. The highest BCUT2D eigenvalue weighted by molar-refractivity contribution is 6.08. The molecule has 0 N–H and O–H groups in total. The summed E-state index contributed by atoms with van der Waals surface area (Å²) in [5, 5.41) is 0. The summed E-state index contributed by atoms with van der Waals surface area (Å²) in [6.45, 7) is 6.12. The lowest BCUT2D eigenvalue weighted by molar-refractivity contribution is 0.124. The maximum Gasteiger partial charge on any atom is 0.00696 e. The molecule has 66 valence electrons. The van der Waals surface area contributed by atoms with Crippen LogP contribution in [0.3, 0.4) is 0 Å². The molecule has 1 saturated heterocycles. The van der Waals surface area contributed by atoms with Crippen molar-refractivity contribution in [3.05, 3.63) is 0 Å². The van der Waals surface area contributed by atoms with Gasteiger partial charge in [0.25, 0.3) is 0 Å². The fourth-order valence-electron chi connectivity index (χ4n) is 2.01. The maximum absolute atomic E-state index is 2.69. The van der Waals surface area contributed by atoms with Crippen LogP contribution in [0.2, 0.25) is 6.04 Å². The Kier molecular flexibility index (Phi) is 3.59. The Labute approximate surface area is 73.6 Å². The molecule has 0 saturated carbocycles. The Morgan fingerprint density at radius 3 is 2.82 bits per heavy atom. The van der Waals surface area contributed by atoms with E-state index < -0.39 is 0 Å². The molecule has 1 fully saturated rings. The number of hydrogen-bond acceptors (Lipinski definition) is 1. The van der Waals surface area contributed by atoms with E-state index in [1.54, 1.807) is 0 Å². The molecule has 1 aliphatic rings. The SMILES string of the molecule is CC(C[SiH3])N1CCCCC1C. The first kappa shape index (κ1) is 9.27. The molecule has 1 rings (SSSR count). The summed E-state index contributed by atoms with van der Waals surface area (Å²) >= 11 is 0. The van der Waals surface area contributed by atoms with Gasteiger partial charge in [-0.05, 0) is 33.2 Å². The second kappa shape index (κ2) is 4.26. The standard InChI is InChI=1S/C9H21NSi/c1-8-5-3-4-6-10(8)9(2)7-11/h8-9H,3-7H2,1-2,11H3. The third kappa shape index (κ3) is 2.31. The Hall–Kier alpha value is 0.177. The van der Waals surface area contributed by atoms with Crippen LogP contribution in [0.15, 0.2) is 0 Å². The molecule has 0 radical (unpaired) electrons. The van der Waals surface area contributed by atoms with E-state index in [-0.39, 0.29) is 0 Å². The van der Waals surface area contributed by atoms with Crippen molar-refractivity contribution >= 4 is 10.2 Å². The number of rotatable bonds is 2. The van der Waals surface area contributed by atoms with Crippen molar-refractivity contribution < 1.29 is 0 Å². The van der Waals surface area contributed by atoms with Crippen LogP contribution in [0.5, 0.6) is 0 Å². The summed E-state index contributed by atoms with van der Waals surface area (Å²) in [4.78, 5) is 2.69. The van der Waals surface area contributed by atoms with Crippen LogP contribution in [0.4, 0.5) is 0 Å². The molecule has 11 heavy (non-hydrogen) atoms. The Bertz CT molecular complexity index is 112. The highest BCUT2D eigenvalue weighted by Gasteiger charge is 2.21. The molecule has 0 aliphatic carbocycles. The van der Waals surface area contributed by atoms with Crippen molar-refractivity contribution in [2.75, 3.05) is 6.54 Å². The van der Waals surface area contributed by atoms with Crippen LogP contribution in [0.25, 0.3) is 0 Å². The summed E-state index contributed by atoms with van der Waals surface area (Å²) < 4.78 is 0. The molecular weight excluding hydrogens is 150 g/mol. The van der Waals surface area contributed by atoms with Gasteiger partial charge >= 0.3 is 0 Å². The minimum absolute atomic E-state index is 0.854. The van der Waals surface area contributed by atoms with Gasteiger partial charge in [-0.1, -0.05) is 12.5 Å². The minimum Gasteiger partial charge on any atom is -0.298 e. The van der Waals surface area contributed by atoms with Gasteiger partial charge < -0.3 is 0 Å². The smallest absolute Gasteiger partial charge is 0.00696 e. The summed E-state index contributed by atoms with van der Waals surface area (Å²) in [6, 6.07) is 3.15. The van der Waals surface area contributed by atoms with Crippen LogP contribution in [0, 0.1) is 0 Å². The van der Waals surface area contributed by atoms with Gasteiger partial charge in [-0.25, -0.2) is 0 Å². The molecule has 2 atom stereocenters. The predicted octanol–water partition coefficient (Wildman–Crippen LogP) is 1.03. The van der Waals surface area contributed by atoms with Crippen LogP contribution in [-0.2, 0) is 0 Å². The van der Waals surface area contributed by atoms with Crippen molar-refractivity contribution in [2.24, 2.45) is 0 Å². The Balaban J connectivity index is 2.40. The topological polar surface area (TPSA) is 3.24 Å². The molecule has 0 aromatic heterocycles. The zero-order valence-electron chi connectivity index (χ0n) is 8.14. The lowest BCUT2D eigenvalue weighted by Crippen LogP contribution is -2.43. The number of likely N-dealkylation sites (tertiary alicyclic amines) is 1. The van der Waals surface area contributed by atoms with Gasteiger partial charge in [0, 0.05) is 22.3 Å². The van der Waals surface area contributed by atoms with E-state index >= 15 is 0 Å². The Morgan fingerprint density at radius 1 is 1.55 bits per heavy atom. The third-order valence-corrected chi connectivity index (χ3v) is 4.19. The molecule has 0 aromatic carbocycles. The molecular formula is C9H21NSi. The van der Waals surface area contributed by atoms with Crippen molar-refractivity contribution in [1.82, 2.24) is 4.90 Å².